The Kier molecular flexibility index (Phi) is 5.76. The molecule has 3 atom stereocenters. The van der Waals surface area contributed by atoms with E-state index in [-0.39, 0.29) is 23.9 Å². The molecule has 0 N–H and O–H groups in total. The van der Waals surface area contributed by atoms with E-state index < -0.39 is 5.41 Å². The number of nitro groups is 1. The van der Waals surface area contributed by atoms with E-state index in [0.29, 0.717) is 18.4 Å². The highest BCUT2D eigenvalue weighted by Crippen LogP contribution is 2.46. The minimum absolute atomic E-state index is 0.118. The molecular formula is C14H25NO4. The summed E-state index contributed by atoms with van der Waals surface area (Å²) in [5.74, 6) is 0.625. The van der Waals surface area contributed by atoms with E-state index in [4.69, 9.17) is 4.74 Å². The number of hydrogen-bond acceptors (Lipinski definition) is 4. The van der Waals surface area contributed by atoms with E-state index in [1.54, 1.807) is 6.92 Å². The summed E-state index contributed by atoms with van der Waals surface area (Å²) in [6, 6.07) is 0. The Balaban J connectivity index is 2.84. The lowest BCUT2D eigenvalue weighted by Crippen LogP contribution is -2.40. The van der Waals surface area contributed by atoms with Crippen molar-refractivity contribution >= 4 is 5.97 Å². The zero-order valence-electron chi connectivity index (χ0n) is 12.2. The second-order valence-electron chi connectivity index (χ2n) is 6.00. The van der Waals surface area contributed by atoms with Crippen molar-refractivity contribution in [3.8, 4) is 0 Å². The van der Waals surface area contributed by atoms with Gasteiger partial charge in [-0.3, -0.25) is 14.9 Å². The van der Waals surface area contributed by atoms with Crippen molar-refractivity contribution < 1.29 is 14.5 Å². The van der Waals surface area contributed by atoms with Gasteiger partial charge in [-0.15, -0.1) is 0 Å². The molecule has 0 aromatic heterocycles. The van der Waals surface area contributed by atoms with Crippen LogP contribution in [0.15, 0.2) is 0 Å². The van der Waals surface area contributed by atoms with Crippen LogP contribution in [0.4, 0.5) is 0 Å². The van der Waals surface area contributed by atoms with Gasteiger partial charge in [0, 0.05) is 10.3 Å². The smallest absolute Gasteiger partial charge is 0.306 e. The normalized spacial score (nSPS) is 30.9. The van der Waals surface area contributed by atoms with Crippen LogP contribution >= 0.6 is 0 Å². The van der Waals surface area contributed by atoms with E-state index in [9.17, 15) is 14.9 Å². The average molecular weight is 271 g/mol. The Hall–Kier alpha value is -1.13. The molecule has 0 heterocycles. The maximum absolute atomic E-state index is 11.8. The molecule has 0 amide bonds. The molecule has 0 radical (unpaired) electrons. The molecule has 1 fully saturated rings. The lowest BCUT2D eigenvalue weighted by molar-refractivity contribution is -0.499. The second kappa shape index (κ2) is 6.87. The van der Waals surface area contributed by atoms with Crippen molar-refractivity contribution in [3.05, 3.63) is 10.1 Å². The number of rotatable bonds is 6. The summed E-state index contributed by atoms with van der Waals surface area (Å²) < 4.78 is 4.99. The summed E-state index contributed by atoms with van der Waals surface area (Å²) in [5.41, 5.74) is -0.506. The molecule has 0 unspecified atom stereocenters. The largest absolute Gasteiger partial charge is 0.466 e. The molecule has 0 saturated heterocycles. The Morgan fingerprint density at radius 2 is 2.11 bits per heavy atom. The lowest BCUT2D eigenvalue weighted by atomic mass is 9.63. The Bertz CT molecular complexity index is 331. The molecule has 5 nitrogen and oxygen atoms in total. The summed E-state index contributed by atoms with van der Waals surface area (Å²) in [4.78, 5) is 22.4. The molecular weight excluding hydrogens is 246 g/mol. The summed E-state index contributed by atoms with van der Waals surface area (Å²) >= 11 is 0. The molecule has 0 spiro atoms. The van der Waals surface area contributed by atoms with E-state index in [2.05, 4.69) is 13.8 Å². The fraction of sp³-hybridized carbons (Fsp3) is 0.929. The molecule has 1 aliphatic rings. The molecule has 0 aliphatic heterocycles. The molecule has 110 valence electrons. The van der Waals surface area contributed by atoms with Gasteiger partial charge in [-0.1, -0.05) is 20.3 Å². The second-order valence-corrected chi connectivity index (χ2v) is 6.00. The van der Waals surface area contributed by atoms with Crippen molar-refractivity contribution in [1.29, 1.82) is 0 Å². The van der Waals surface area contributed by atoms with Crippen molar-refractivity contribution in [2.45, 2.75) is 52.9 Å². The quantitative estimate of drug-likeness (QED) is 0.423. The number of hydrogen-bond donors (Lipinski definition) is 0. The zero-order valence-corrected chi connectivity index (χ0v) is 12.2. The minimum Gasteiger partial charge on any atom is -0.466 e. The third kappa shape index (κ3) is 4.80. The van der Waals surface area contributed by atoms with E-state index in [1.807, 2.05) is 0 Å². The minimum atomic E-state index is -0.506. The van der Waals surface area contributed by atoms with Crippen LogP contribution in [0.3, 0.4) is 0 Å². The van der Waals surface area contributed by atoms with Crippen molar-refractivity contribution in [2.75, 3.05) is 13.2 Å². The SMILES string of the molecule is CCOC(=O)C[C@]1(C[N+](=O)[O-])C[C@@H](C)C[C@@H](CC)C1. The van der Waals surface area contributed by atoms with Crippen LogP contribution < -0.4 is 0 Å². The predicted octanol–water partition coefficient (Wildman–Crippen LogP) is 3.05. The molecule has 0 bridgehead atoms. The average Bonchev–Trinajstić information content (AvgIpc) is 2.26. The van der Waals surface area contributed by atoms with Gasteiger partial charge >= 0.3 is 5.97 Å². The standard InChI is InChI=1S/C14H25NO4/c1-4-12-6-11(3)7-14(8-12,10-15(17)18)9-13(16)19-5-2/h11-12H,4-10H2,1-3H3/t11-,12+,14-/m0/s1. The highest BCUT2D eigenvalue weighted by atomic mass is 16.6. The Morgan fingerprint density at radius 3 is 2.63 bits per heavy atom. The first-order chi connectivity index (χ1) is 8.90. The lowest BCUT2D eigenvalue weighted by Gasteiger charge is -2.40. The monoisotopic (exact) mass is 271 g/mol. The third-order valence-electron chi connectivity index (χ3n) is 4.11. The maximum atomic E-state index is 11.8. The van der Waals surface area contributed by atoms with Crippen molar-refractivity contribution in [3.63, 3.8) is 0 Å². The predicted molar refractivity (Wildman–Crippen MR) is 72.3 cm³/mol. The first kappa shape index (κ1) is 15.9. The maximum Gasteiger partial charge on any atom is 0.306 e. The Labute approximate surface area is 114 Å². The van der Waals surface area contributed by atoms with Gasteiger partial charge in [-0.2, -0.15) is 0 Å². The van der Waals surface area contributed by atoms with Gasteiger partial charge in [0.15, 0.2) is 0 Å². The molecule has 5 heteroatoms. The highest BCUT2D eigenvalue weighted by Gasteiger charge is 2.44. The van der Waals surface area contributed by atoms with Gasteiger partial charge in [0.25, 0.3) is 0 Å². The van der Waals surface area contributed by atoms with Crippen molar-refractivity contribution in [2.24, 2.45) is 17.3 Å². The topological polar surface area (TPSA) is 69.4 Å². The number of carbonyl (C=O) groups excluding carboxylic acids is 1. The fourth-order valence-corrected chi connectivity index (χ4v) is 3.60. The van der Waals surface area contributed by atoms with Crippen LogP contribution in [0, 0.1) is 27.4 Å². The third-order valence-corrected chi connectivity index (χ3v) is 4.11. The first-order valence-corrected chi connectivity index (χ1v) is 7.18. The Morgan fingerprint density at radius 1 is 1.42 bits per heavy atom. The van der Waals surface area contributed by atoms with E-state index in [0.717, 1.165) is 25.7 Å². The zero-order chi connectivity index (χ0) is 14.5. The molecule has 1 saturated carbocycles. The van der Waals surface area contributed by atoms with Gasteiger partial charge in [0.05, 0.1) is 13.0 Å². The first-order valence-electron chi connectivity index (χ1n) is 7.18. The van der Waals surface area contributed by atoms with E-state index >= 15 is 0 Å². The van der Waals surface area contributed by atoms with Gasteiger partial charge in [-0.05, 0) is 38.0 Å². The summed E-state index contributed by atoms with van der Waals surface area (Å²) in [7, 11) is 0. The number of nitrogens with zero attached hydrogens (tertiary/aromatic N) is 1. The van der Waals surface area contributed by atoms with Crippen molar-refractivity contribution in [1.82, 2.24) is 0 Å². The van der Waals surface area contributed by atoms with Crippen LogP contribution in [-0.4, -0.2) is 24.0 Å². The van der Waals surface area contributed by atoms with Crippen LogP contribution in [0.5, 0.6) is 0 Å². The number of carbonyl (C=O) groups is 1. The highest BCUT2D eigenvalue weighted by molar-refractivity contribution is 5.70. The van der Waals surface area contributed by atoms with Gasteiger partial charge in [0.2, 0.25) is 6.54 Å². The summed E-state index contributed by atoms with van der Waals surface area (Å²) in [6.45, 7) is 6.22. The molecule has 0 aromatic carbocycles. The fourth-order valence-electron chi connectivity index (χ4n) is 3.60. The molecule has 1 aliphatic carbocycles. The van der Waals surface area contributed by atoms with Gasteiger partial charge in [0.1, 0.15) is 0 Å². The molecule has 1 rings (SSSR count). The summed E-state index contributed by atoms with van der Waals surface area (Å²) in [5, 5.41) is 11.0. The van der Waals surface area contributed by atoms with Gasteiger partial charge < -0.3 is 4.74 Å². The molecule has 19 heavy (non-hydrogen) atoms. The molecule has 0 aromatic rings. The number of ether oxygens (including phenoxy) is 1. The van der Waals surface area contributed by atoms with Crippen LogP contribution in [0.2, 0.25) is 0 Å². The van der Waals surface area contributed by atoms with E-state index in [1.165, 1.54) is 0 Å². The van der Waals surface area contributed by atoms with Crippen LogP contribution in [-0.2, 0) is 9.53 Å². The van der Waals surface area contributed by atoms with Gasteiger partial charge in [-0.25, -0.2) is 0 Å². The number of esters is 1. The van der Waals surface area contributed by atoms with Crippen LogP contribution in [0.25, 0.3) is 0 Å². The summed E-state index contributed by atoms with van der Waals surface area (Å²) in [6.07, 6.45) is 3.84. The van der Waals surface area contributed by atoms with Crippen LogP contribution in [0.1, 0.15) is 52.9 Å².